The molecule has 4 amide bonds. The Kier molecular flexibility index (Phi) is 9.79. The van der Waals surface area contributed by atoms with Crippen molar-refractivity contribution in [1.82, 2.24) is 24.5 Å². The maximum Gasteiger partial charge on any atom is 0.410 e. The lowest BCUT2D eigenvalue weighted by Crippen LogP contribution is -2.57. The molecule has 2 unspecified atom stereocenters. The minimum Gasteiger partial charge on any atom is -0.436 e. The molecule has 0 spiro atoms. The number of thiophene rings is 1. The fourth-order valence-corrected chi connectivity index (χ4v) is 9.66. The van der Waals surface area contributed by atoms with Crippen LogP contribution in [0.3, 0.4) is 0 Å². The number of fused-ring (bicyclic) bond motifs is 3. The zero-order chi connectivity index (χ0) is 33.5. The molecule has 7 rings (SSSR count). The number of carbonyl (C=O) groups is 3. The number of nitrogens with one attached hydrogen (secondary N) is 1. The maximum atomic E-state index is 14.1. The van der Waals surface area contributed by atoms with Crippen molar-refractivity contribution in [3.8, 4) is 0 Å². The minimum atomic E-state index is -0.976. The van der Waals surface area contributed by atoms with Crippen LogP contribution in [-0.2, 0) is 28.9 Å². The van der Waals surface area contributed by atoms with Gasteiger partial charge in [0.05, 0.1) is 22.9 Å². The number of anilines is 2. The van der Waals surface area contributed by atoms with E-state index >= 15 is 0 Å². The standard InChI is InChI=1S/C35H48ClN7O4S/c1-3-23-16-22(17-28(36)32(23)37)18-30(33(44)41-13-11-40(12-14-41)27-19-25-4-5-26(20-27)39(25)2)47-35(46)42-9-6-24(7-10-42)43-21-31-29(8-15-48-31)38-34(43)45/h8,15-17,24-27,30H,3-7,9-14,18-21,37H2,1-2H3,(H,38,45)/t25?,26?,27?,30-/m1/s1. The first-order chi connectivity index (χ1) is 23.2. The van der Waals surface area contributed by atoms with Crippen molar-refractivity contribution in [2.24, 2.45) is 0 Å². The molecule has 48 heavy (non-hydrogen) atoms. The number of rotatable bonds is 7. The maximum absolute atomic E-state index is 14.1. The molecule has 6 heterocycles. The second-order valence-corrected chi connectivity index (χ2v) is 15.6. The predicted octanol–water partition coefficient (Wildman–Crippen LogP) is 4.88. The van der Waals surface area contributed by atoms with Crippen LogP contribution < -0.4 is 11.1 Å². The van der Waals surface area contributed by atoms with Crippen molar-refractivity contribution >= 4 is 52.3 Å². The SMILES string of the molecule is CCc1cc(C[C@@H](OC(=O)N2CCC(N3Cc4sccc4NC3=O)CC2)C(=O)N2CCN(C3CC4CCC(C3)N4C)CC2)cc(Cl)c1N. The van der Waals surface area contributed by atoms with Crippen molar-refractivity contribution in [3.05, 3.63) is 44.6 Å². The molecule has 5 aliphatic rings. The number of benzene rings is 1. The first-order valence-corrected chi connectivity index (χ1v) is 18.8. The van der Waals surface area contributed by atoms with Crippen molar-refractivity contribution in [1.29, 1.82) is 0 Å². The number of halogens is 1. The normalized spacial score (nSPS) is 25.9. The molecular weight excluding hydrogens is 650 g/mol. The van der Waals surface area contributed by atoms with E-state index in [4.69, 9.17) is 22.1 Å². The van der Waals surface area contributed by atoms with Gasteiger partial charge in [-0.25, -0.2) is 9.59 Å². The minimum absolute atomic E-state index is 0.0298. The summed E-state index contributed by atoms with van der Waals surface area (Å²) in [4.78, 5) is 52.3. The lowest BCUT2D eigenvalue weighted by Gasteiger charge is -2.45. The number of carbonyl (C=O) groups excluding carboxylic acids is 3. The van der Waals surface area contributed by atoms with Crippen molar-refractivity contribution < 1.29 is 19.1 Å². The number of hydrogen-bond donors (Lipinski definition) is 2. The van der Waals surface area contributed by atoms with Gasteiger partial charge >= 0.3 is 12.1 Å². The van der Waals surface area contributed by atoms with E-state index in [1.807, 2.05) is 34.2 Å². The van der Waals surface area contributed by atoms with Gasteiger partial charge in [0.25, 0.3) is 5.91 Å². The van der Waals surface area contributed by atoms with E-state index in [1.54, 1.807) is 22.3 Å². The summed E-state index contributed by atoms with van der Waals surface area (Å²) in [7, 11) is 2.27. The predicted molar refractivity (Wildman–Crippen MR) is 188 cm³/mol. The molecule has 0 radical (unpaired) electrons. The number of aryl methyl sites for hydroxylation is 1. The van der Waals surface area contributed by atoms with Crippen LogP contribution in [0.1, 0.15) is 61.5 Å². The Morgan fingerprint density at radius 3 is 2.40 bits per heavy atom. The van der Waals surface area contributed by atoms with Gasteiger partial charge in [0.1, 0.15) is 0 Å². The zero-order valence-electron chi connectivity index (χ0n) is 28.0. The monoisotopic (exact) mass is 697 g/mol. The average Bonchev–Trinajstić information content (AvgIpc) is 3.62. The number of likely N-dealkylation sites (tertiary alicyclic amines) is 1. The van der Waals surface area contributed by atoms with Gasteiger partial charge in [-0.1, -0.05) is 24.6 Å². The van der Waals surface area contributed by atoms with Crippen LogP contribution in [0.5, 0.6) is 0 Å². The van der Waals surface area contributed by atoms with Gasteiger partial charge in [0.2, 0.25) is 0 Å². The number of nitrogen functional groups attached to an aromatic ring is 1. The van der Waals surface area contributed by atoms with E-state index < -0.39 is 12.2 Å². The van der Waals surface area contributed by atoms with Gasteiger partial charge in [-0.05, 0) is 80.6 Å². The van der Waals surface area contributed by atoms with Gasteiger partial charge in [-0.3, -0.25) is 9.69 Å². The summed E-state index contributed by atoms with van der Waals surface area (Å²) in [6.45, 7) is 6.41. The smallest absolute Gasteiger partial charge is 0.410 e. The third-order valence-electron chi connectivity index (χ3n) is 11.5. The summed E-state index contributed by atoms with van der Waals surface area (Å²) in [6, 6.07) is 7.54. The molecule has 2 aromatic rings. The quantitative estimate of drug-likeness (QED) is 0.397. The molecule has 1 aromatic heterocycles. The Morgan fingerprint density at radius 1 is 1.00 bits per heavy atom. The van der Waals surface area contributed by atoms with Crippen LogP contribution in [-0.4, -0.2) is 119 Å². The fraction of sp³-hybridized carbons (Fsp3) is 0.629. The Labute approximate surface area is 292 Å². The molecule has 3 atom stereocenters. The van der Waals surface area contributed by atoms with E-state index in [0.29, 0.717) is 80.8 Å². The first kappa shape index (κ1) is 33.4. The summed E-state index contributed by atoms with van der Waals surface area (Å²) in [5.41, 5.74) is 9.37. The largest absolute Gasteiger partial charge is 0.436 e. The molecule has 0 aliphatic carbocycles. The Morgan fingerprint density at radius 2 is 1.71 bits per heavy atom. The Bertz CT molecular complexity index is 1510. The summed E-state index contributed by atoms with van der Waals surface area (Å²) in [6.07, 6.45) is 5.74. The highest BCUT2D eigenvalue weighted by Gasteiger charge is 2.42. The number of nitrogens with two attached hydrogens (primary N) is 1. The van der Waals surface area contributed by atoms with Gasteiger partial charge in [0.15, 0.2) is 6.10 Å². The van der Waals surface area contributed by atoms with Gasteiger partial charge in [-0.15, -0.1) is 11.3 Å². The summed E-state index contributed by atoms with van der Waals surface area (Å²) in [5, 5.41) is 5.42. The van der Waals surface area contributed by atoms with E-state index in [-0.39, 0.29) is 24.4 Å². The molecule has 1 aromatic carbocycles. The first-order valence-electron chi connectivity index (χ1n) is 17.6. The van der Waals surface area contributed by atoms with Crippen LogP contribution in [0.25, 0.3) is 0 Å². The number of urea groups is 1. The Balaban J connectivity index is 0.998. The number of nitrogens with zero attached hydrogens (tertiary/aromatic N) is 5. The number of piperazine rings is 1. The molecule has 11 nitrogen and oxygen atoms in total. The number of ether oxygens (including phenoxy) is 1. The molecule has 260 valence electrons. The third-order valence-corrected chi connectivity index (χ3v) is 12.8. The van der Waals surface area contributed by atoms with E-state index in [0.717, 1.165) is 34.8 Å². The highest BCUT2D eigenvalue weighted by molar-refractivity contribution is 7.10. The molecule has 5 aliphatic heterocycles. The van der Waals surface area contributed by atoms with Crippen LogP contribution in [0, 0.1) is 0 Å². The van der Waals surface area contributed by atoms with Crippen molar-refractivity contribution in [2.45, 2.75) is 95.1 Å². The second kappa shape index (κ2) is 14.0. The van der Waals surface area contributed by atoms with Gasteiger partial charge < -0.3 is 35.4 Å². The molecule has 4 fully saturated rings. The Hall–Kier alpha value is -3.06. The molecule has 0 saturated carbocycles. The average molecular weight is 698 g/mol. The lowest BCUT2D eigenvalue weighted by molar-refractivity contribution is -0.143. The summed E-state index contributed by atoms with van der Waals surface area (Å²) >= 11 is 8.13. The van der Waals surface area contributed by atoms with E-state index in [1.165, 1.54) is 25.7 Å². The van der Waals surface area contributed by atoms with Crippen LogP contribution in [0.2, 0.25) is 5.02 Å². The topological polar surface area (TPSA) is 115 Å². The highest BCUT2D eigenvalue weighted by atomic mass is 35.5. The number of hydrogen-bond acceptors (Lipinski definition) is 8. The van der Waals surface area contributed by atoms with Gasteiger partial charge in [0, 0.05) is 74.7 Å². The zero-order valence-corrected chi connectivity index (χ0v) is 29.6. The van der Waals surface area contributed by atoms with E-state index in [9.17, 15) is 14.4 Å². The fourth-order valence-electron chi connectivity index (χ4n) is 8.57. The summed E-state index contributed by atoms with van der Waals surface area (Å²) < 4.78 is 6.09. The summed E-state index contributed by atoms with van der Waals surface area (Å²) in [5.74, 6) is -0.163. The van der Waals surface area contributed by atoms with E-state index in [2.05, 4.69) is 22.2 Å². The number of piperidine rings is 2. The second-order valence-electron chi connectivity index (χ2n) is 14.2. The number of amides is 4. The van der Waals surface area contributed by atoms with Gasteiger partial charge in [-0.2, -0.15) is 0 Å². The third kappa shape index (κ3) is 6.73. The molecule has 13 heteroatoms. The van der Waals surface area contributed by atoms with Crippen LogP contribution in [0.4, 0.5) is 21.0 Å². The van der Waals surface area contributed by atoms with Crippen molar-refractivity contribution in [3.63, 3.8) is 0 Å². The molecular formula is C35H48ClN7O4S. The molecule has 3 N–H and O–H groups in total. The lowest BCUT2D eigenvalue weighted by atomic mass is 9.96. The van der Waals surface area contributed by atoms with Crippen molar-refractivity contribution in [2.75, 3.05) is 57.4 Å². The molecule has 4 saturated heterocycles. The van der Waals surface area contributed by atoms with Crippen LogP contribution >= 0.6 is 22.9 Å². The van der Waals surface area contributed by atoms with Crippen LogP contribution in [0.15, 0.2) is 23.6 Å². The molecule has 2 bridgehead atoms. The highest BCUT2D eigenvalue weighted by Crippen LogP contribution is 2.37.